The number of hydrogen-bond donors (Lipinski definition) is 0. The molecule has 0 saturated carbocycles. The summed E-state index contributed by atoms with van der Waals surface area (Å²) in [5, 5.41) is 0. The molecule has 4 nitrogen and oxygen atoms in total. The van der Waals surface area contributed by atoms with E-state index < -0.39 is 10.2 Å². The lowest BCUT2D eigenvalue weighted by atomic mass is 10.2. The molecule has 0 aromatic heterocycles. The van der Waals surface area contributed by atoms with Crippen molar-refractivity contribution in [3.05, 3.63) is 30.3 Å². The Morgan fingerprint density at radius 1 is 1.06 bits per heavy atom. The third-order valence-electron chi connectivity index (χ3n) is 3.11. The Bertz CT molecular complexity index is 453. The van der Waals surface area contributed by atoms with E-state index in [1.807, 2.05) is 30.3 Å². The Hall–Kier alpha value is -1.07. The lowest BCUT2D eigenvalue weighted by Crippen LogP contribution is -2.44. The SMILES string of the molecule is CN(c1ccccc1)S(=O)(=O)N1CCCCC1. The molecule has 1 heterocycles. The quantitative estimate of drug-likeness (QED) is 0.826. The molecule has 1 aromatic carbocycles. The lowest BCUT2D eigenvalue weighted by molar-refractivity contribution is 0.346. The second-order valence-corrected chi connectivity index (χ2v) is 6.23. The smallest absolute Gasteiger partial charge is 0.261 e. The molecule has 2 rings (SSSR count). The van der Waals surface area contributed by atoms with Gasteiger partial charge in [0, 0.05) is 20.1 Å². The van der Waals surface area contributed by atoms with Crippen LogP contribution in [0.4, 0.5) is 5.69 Å². The van der Waals surface area contributed by atoms with Crippen LogP contribution in [0.1, 0.15) is 19.3 Å². The summed E-state index contributed by atoms with van der Waals surface area (Å²) < 4.78 is 27.6. The van der Waals surface area contributed by atoms with Gasteiger partial charge >= 0.3 is 10.2 Å². The van der Waals surface area contributed by atoms with Gasteiger partial charge in [-0.3, -0.25) is 4.31 Å². The van der Waals surface area contributed by atoms with E-state index in [1.54, 1.807) is 11.4 Å². The van der Waals surface area contributed by atoms with Crippen molar-refractivity contribution in [2.24, 2.45) is 0 Å². The van der Waals surface area contributed by atoms with Crippen LogP contribution in [0.5, 0.6) is 0 Å². The number of piperidine rings is 1. The number of para-hydroxylation sites is 1. The fraction of sp³-hybridized carbons (Fsp3) is 0.500. The number of benzene rings is 1. The monoisotopic (exact) mass is 254 g/mol. The van der Waals surface area contributed by atoms with Gasteiger partial charge in [-0.2, -0.15) is 12.7 Å². The largest absolute Gasteiger partial charge is 0.303 e. The Morgan fingerprint density at radius 3 is 2.24 bits per heavy atom. The Kier molecular flexibility index (Phi) is 3.69. The highest BCUT2D eigenvalue weighted by Crippen LogP contribution is 2.20. The van der Waals surface area contributed by atoms with E-state index in [1.165, 1.54) is 4.31 Å². The van der Waals surface area contributed by atoms with E-state index in [-0.39, 0.29) is 0 Å². The predicted molar refractivity (Wildman–Crippen MR) is 69.2 cm³/mol. The summed E-state index contributed by atoms with van der Waals surface area (Å²) in [4.78, 5) is 0. The fourth-order valence-electron chi connectivity index (χ4n) is 2.04. The van der Waals surface area contributed by atoms with Crippen molar-refractivity contribution in [1.82, 2.24) is 4.31 Å². The minimum absolute atomic E-state index is 0.638. The second-order valence-electron chi connectivity index (χ2n) is 4.27. The summed E-state index contributed by atoms with van der Waals surface area (Å²) in [5.41, 5.74) is 0.707. The van der Waals surface area contributed by atoms with E-state index >= 15 is 0 Å². The first-order chi connectivity index (χ1) is 8.12. The molecule has 0 aliphatic carbocycles. The van der Waals surface area contributed by atoms with E-state index in [0.717, 1.165) is 19.3 Å². The number of rotatable bonds is 3. The van der Waals surface area contributed by atoms with Crippen molar-refractivity contribution >= 4 is 15.9 Å². The molecule has 1 aliphatic heterocycles. The van der Waals surface area contributed by atoms with Crippen LogP contribution in [0.25, 0.3) is 0 Å². The molecule has 0 amide bonds. The van der Waals surface area contributed by atoms with Gasteiger partial charge in [0.15, 0.2) is 0 Å². The van der Waals surface area contributed by atoms with Crippen molar-refractivity contribution in [1.29, 1.82) is 0 Å². The molecular weight excluding hydrogens is 236 g/mol. The lowest BCUT2D eigenvalue weighted by Gasteiger charge is -2.31. The van der Waals surface area contributed by atoms with Gasteiger partial charge in [0.1, 0.15) is 0 Å². The Morgan fingerprint density at radius 2 is 1.65 bits per heavy atom. The molecule has 94 valence electrons. The zero-order valence-electron chi connectivity index (χ0n) is 10.0. The van der Waals surface area contributed by atoms with E-state index in [9.17, 15) is 8.42 Å². The third kappa shape index (κ3) is 2.61. The molecule has 5 heteroatoms. The summed E-state index contributed by atoms with van der Waals surface area (Å²) >= 11 is 0. The first-order valence-corrected chi connectivity index (χ1v) is 7.31. The maximum absolute atomic E-state index is 12.3. The first kappa shape index (κ1) is 12.4. The van der Waals surface area contributed by atoms with Crippen LogP contribution < -0.4 is 4.31 Å². The fourth-order valence-corrected chi connectivity index (χ4v) is 3.49. The summed E-state index contributed by atoms with van der Waals surface area (Å²) in [6.07, 6.45) is 3.05. The molecule has 0 N–H and O–H groups in total. The highest BCUT2D eigenvalue weighted by molar-refractivity contribution is 7.90. The predicted octanol–water partition coefficient (Wildman–Crippen LogP) is 1.85. The molecule has 1 saturated heterocycles. The molecule has 1 aliphatic rings. The van der Waals surface area contributed by atoms with Crippen molar-refractivity contribution in [2.45, 2.75) is 19.3 Å². The minimum atomic E-state index is -3.35. The first-order valence-electron chi connectivity index (χ1n) is 5.91. The Labute approximate surface area is 103 Å². The van der Waals surface area contributed by atoms with Crippen molar-refractivity contribution in [2.75, 3.05) is 24.4 Å². The molecular formula is C12H18N2O2S. The van der Waals surface area contributed by atoms with Gasteiger partial charge in [0.2, 0.25) is 0 Å². The molecule has 1 fully saturated rings. The molecule has 0 unspecified atom stereocenters. The highest BCUT2D eigenvalue weighted by Gasteiger charge is 2.28. The van der Waals surface area contributed by atoms with Crippen LogP contribution in [-0.2, 0) is 10.2 Å². The van der Waals surface area contributed by atoms with Crippen LogP contribution in [0.3, 0.4) is 0 Å². The van der Waals surface area contributed by atoms with Crippen LogP contribution in [-0.4, -0.2) is 32.9 Å². The van der Waals surface area contributed by atoms with E-state index in [4.69, 9.17) is 0 Å². The van der Waals surface area contributed by atoms with Crippen LogP contribution in [0.15, 0.2) is 30.3 Å². The standard InChI is InChI=1S/C12H18N2O2S/c1-13(12-8-4-2-5-9-12)17(15,16)14-10-6-3-7-11-14/h2,4-5,8-9H,3,6-7,10-11H2,1H3. The van der Waals surface area contributed by atoms with E-state index in [0.29, 0.717) is 18.8 Å². The average Bonchev–Trinajstić information content (AvgIpc) is 2.40. The third-order valence-corrected chi connectivity index (χ3v) is 5.03. The van der Waals surface area contributed by atoms with Crippen molar-refractivity contribution < 1.29 is 8.42 Å². The van der Waals surface area contributed by atoms with Crippen molar-refractivity contribution in [3.63, 3.8) is 0 Å². The maximum Gasteiger partial charge on any atom is 0.303 e. The summed E-state index contributed by atoms with van der Waals surface area (Å²) in [5.74, 6) is 0. The summed E-state index contributed by atoms with van der Waals surface area (Å²) in [7, 11) is -1.74. The van der Waals surface area contributed by atoms with Gasteiger partial charge in [-0.05, 0) is 25.0 Å². The van der Waals surface area contributed by atoms with Crippen LogP contribution >= 0.6 is 0 Å². The number of hydrogen-bond acceptors (Lipinski definition) is 2. The van der Waals surface area contributed by atoms with Gasteiger partial charge in [-0.1, -0.05) is 24.6 Å². The van der Waals surface area contributed by atoms with Gasteiger partial charge in [-0.15, -0.1) is 0 Å². The molecule has 0 spiro atoms. The average molecular weight is 254 g/mol. The maximum atomic E-state index is 12.3. The van der Waals surface area contributed by atoms with Gasteiger partial charge in [0.05, 0.1) is 5.69 Å². The minimum Gasteiger partial charge on any atom is -0.261 e. The normalized spacial score (nSPS) is 17.9. The van der Waals surface area contributed by atoms with Crippen LogP contribution in [0, 0.1) is 0 Å². The van der Waals surface area contributed by atoms with Gasteiger partial charge < -0.3 is 0 Å². The number of nitrogens with zero attached hydrogens (tertiary/aromatic N) is 2. The summed E-state index contributed by atoms with van der Waals surface area (Å²) in [6, 6.07) is 9.18. The van der Waals surface area contributed by atoms with Gasteiger partial charge in [0.25, 0.3) is 0 Å². The van der Waals surface area contributed by atoms with E-state index in [2.05, 4.69) is 0 Å². The zero-order chi connectivity index (χ0) is 12.3. The van der Waals surface area contributed by atoms with Gasteiger partial charge in [-0.25, -0.2) is 0 Å². The Balaban J connectivity index is 2.20. The topological polar surface area (TPSA) is 40.6 Å². The zero-order valence-corrected chi connectivity index (χ0v) is 10.9. The molecule has 0 atom stereocenters. The van der Waals surface area contributed by atoms with Crippen LogP contribution in [0.2, 0.25) is 0 Å². The second kappa shape index (κ2) is 5.06. The summed E-state index contributed by atoms with van der Waals surface area (Å²) in [6.45, 7) is 1.28. The number of anilines is 1. The molecule has 1 aromatic rings. The van der Waals surface area contributed by atoms with Crippen molar-refractivity contribution in [3.8, 4) is 0 Å². The molecule has 0 bridgehead atoms. The highest BCUT2D eigenvalue weighted by atomic mass is 32.2. The molecule has 17 heavy (non-hydrogen) atoms. The molecule has 0 radical (unpaired) electrons.